The van der Waals surface area contributed by atoms with Crippen molar-refractivity contribution in [3.8, 4) is 0 Å². The second-order valence-electron chi connectivity index (χ2n) is 7.25. The lowest BCUT2D eigenvalue weighted by molar-refractivity contribution is 0.0536. The molecule has 2 aliphatic rings. The van der Waals surface area contributed by atoms with Gasteiger partial charge in [0, 0.05) is 12.6 Å². The third-order valence-corrected chi connectivity index (χ3v) is 5.36. The minimum absolute atomic E-state index is 0. The maximum absolute atomic E-state index is 13.0. The normalized spacial score (nSPS) is 22.5. The molecule has 0 spiro atoms. The van der Waals surface area contributed by atoms with Gasteiger partial charge in [-0.3, -0.25) is 4.79 Å². The third-order valence-electron chi connectivity index (χ3n) is 5.36. The molecule has 2 fully saturated rings. The van der Waals surface area contributed by atoms with Crippen LogP contribution in [0, 0.1) is 12.8 Å². The molecule has 6 nitrogen and oxygen atoms in total. The Morgan fingerprint density at radius 3 is 2.58 bits per heavy atom. The standard InChI is InChI=1S/C17H29N5O.ClH/c1-12(2)15-6-4-5-11-21(15)17(23)16-13(3)22(20-19-16)14-7-9-18-10-8-14;/h12,14-15,18H,4-11H2,1-3H3;1H. The van der Waals surface area contributed by atoms with E-state index in [1.165, 1.54) is 6.42 Å². The van der Waals surface area contributed by atoms with Crippen LogP contribution in [-0.2, 0) is 0 Å². The lowest BCUT2D eigenvalue weighted by atomic mass is 9.92. The molecule has 1 aromatic heterocycles. The zero-order chi connectivity index (χ0) is 16.4. The van der Waals surface area contributed by atoms with Crippen LogP contribution >= 0.6 is 12.4 Å². The fourth-order valence-electron chi connectivity index (χ4n) is 3.98. The summed E-state index contributed by atoms with van der Waals surface area (Å²) in [5, 5.41) is 11.9. The average molecular weight is 356 g/mol. The van der Waals surface area contributed by atoms with Gasteiger partial charge in [0.2, 0.25) is 0 Å². The maximum atomic E-state index is 13.0. The minimum Gasteiger partial charge on any atom is -0.334 e. The SMILES string of the molecule is Cc1c(C(=O)N2CCCCC2C(C)C)nnn1C1CCNCC1.Cl. The molecular formula is C17H30ClN5O. The van der Waals surface area contributed by atoms with Crippen LogP contribution < -0.4 is 5.32 Å². The van der Waals surface area contributed by atoms with Crippen LogP contribution in [0.25, 0.3) is 0 Å². The summed E-state index contributed by atoms with van der Waals surface area (Å²) in [5.74, 6) is 0.556. The van der Waals surface area contributed by atoms with Crippen LogP contribution in [0.2, 0.25) is 0 Å². The predicted octanol–water partition coefficient (Wildman–Crippen LogP) is 2.58. The van der Waals surface area contributed by atoms with Gasteiger partial charge in [-0.2, -0.15) is 0 Å². The Hall–Kier alpha value is -1.14. The monoisotopic (exact) mass is 355 g/mol. The van der Waals surface area contributed by atoms with E-state index in [2.05, 4.69) is 29.5 Å². The van der Waals surface area contributed by atoms with E-state index in [9.17, 15) is 4.79 Å². The smallest absolute Gasteiger partial charge is 0.276 e. The van der Waals surface area contributed by atoms with Gasteiger partial charge in [0.25, 0.3) is 5.91 Å². The molecule has 136 valence electrons. The first-order chi connectivity index (χ1) is 11.1. The predicted molar refractivity (Wildman–Crippen MR) is 96.7 cm³/mol. The van der Waals surface area contributed by atoms with Gasteiger partial charge in [0.1, 0.15) is 0 Å². The summed E-state index contributed by atoms with van der Waals surface area (Å²) in [6, 6.07) is 0.701. The second-order valence-corrected chi connectivity index (χ2v) is 7.25. The fraction of sp³-hybridized carbons (Fsp3) is 0.824. The van der Waals surface area contributed by atoms with Crippen molar-refractivity contribution >= 4 is 18.3 Å². The average Bonchev–Trinajstić information content (AvgIpc) is 2.96. The summed E-state index contributed by atoms with van der Waals surface area (Å²) < 4.78 is 1.97. The number of hydrogen-bond acceptors (Lipinski definition) is 4. The van der Waals surface area contributed by atoms with Crippen molar-refractivity contribution < 1.29 is 4.79 Å². The molecule has 1 atom stereocenters. The van der Waals surface area contributed by atoms with Gasteiger partial charge in [0.05, 0.1) is 11.7 Å². The van der Waals surface area contributed by atoms with Crippen LogP contribution in [0.3, 0.4) is 0 Å². The van der Waals surface area contributed by atoms with Gasteiger partial charge in [-0.15, -0.1) is 17.5 Å². The van der Waals surface area contributed by atoms with Crippen LogP contribution in [-0.4, -0.2) is 51.5 Å². The molecule has 1 N–H and O–H groups in total. The fourth-order valence-corrected chi connectivity index (χ4v) is 3.98. The Labute approximate surface area is 150 Å². The molecule has 2 aliphatic heterocycles. The first-order valence-electron chi connectivity index (χ1n) is 9.03. The second kappa shape index (κ2) is 8.30. The van der Waals surface area contributed by atoms with Gasteiger partial charge in [-0.1, -0.05) is 19.1 Å². The van der Waals surface area contributed by atoms with Crippen molar-refractivity contribution in [2.24, 2.45) is 5.92 Å². The van der Waals surface area contributed by atoms with E-state index in [1.54, 1.807) is 0 Å². The Kier molecular flexibility index (Phi) is 6.63. The van der Waals surface area contributed by atoms with E-state index in [0.29, 0.717) is 23.7 Å². The highest BCUT2D eigenvalue weighted by Crippen LogP contribution is 2.26. The summed E-state index contributed by atoms with van der Waals surface area (Å²) in [4.78, 5) is 15.1. The number of likely N-dealkylation sites (tertiary alicyclic amines) is 1. The third kappa shape index (κ3) is 3.75. The molecule has 1 aromatic rings. The highest BCUT2D eigenvalue weighted by atomic mass is 35.5. The zero-order valence-electron chi connectivity index (χ0n) is 15.0. The van der Waals surface area contributed by atoms with Crippen molar-refractivity contribution in [2.45, 2.75) is 65.0 Å². The van der Waals surface area contributed by atoms with Gasteiger partial charge >= 0.3 is 0 Å². The number of halogens is 1. The van der Waals surface area contributed by atoms with Crippen LogP contribution in [0.1, 0.15) is 68.2 Å². The Morgan fingerprint density at radius 1 is 1.21 bits per heavy atom. The molecule has 3 heterocycles. The number of hydrogen-bond donors (Lipinski definition) is 1. The molecule has 2 saturated heterocycles. The highest BCUT2D eigenvalue weighted by Gasteiger charge is 2.32. The van der Waals surface area contributed by atoms with Gasteiger partial charge < -0.3 is 10.2 Å². The first kappa shape index (κ1) is 19.2. The number of rotatable bonds is 3. The molecule has 0 radical (unpaired) electrons. The molecule has 0 aromatic carbocycles. The molecule has 0 saturated carbocycles. The Balaban J connectivity index is 0.00000208. The zero-order valence-corrected chi connectivity index (χ0v) is 15.8. The lowest BCUT2D eigenvalue weighted by Crippen LogP contribution is -2.46. The van der Waals surface area contributed by atoms with E-state index in [4.69, 9.17) is 0 Å². The molecule has 1 unspecified atom stereocenters. The van der Waals surface area contributed by atoms with E-state index >= 15 is 0 Å². The number of piperidine rings is 2. The molecule has 7 heteroatoms. The van der Waals surface area contributed by atoms with Crippen LogP contribution in [0.15, 0.2) is 0 Å². The molecular weight excluding hydrogens is 326 g/mol. The van der Waals surface area contributed by atoms with Gasteiger partial charge in [-0.05, 0) is 58.0 Å². The number of carbonyl (C=O) groups is 1. The van der Waals surface area contributed by atoms with Crippen molar-refractivity contribution in [3.05, 3.63) is 11.4 Å². The topological polar surface area (TPSA) is 63.1 Å². The highest BCUT2D eigenvalue weighted by molar-refractivity contribution is 5.93. The largest absolute Gasteiger partial charge is 0.334 e. The van der Waals surface area contributed by atoms with Gasteiger partial charge in [-0.25, -0.2) is 4.68 Å². The van der Waals surface area contributed by atoms with Crippen molar-refractivity contribution in [3.63, 3.8) is 0 Å². The Bertz CT molecular complexity index is 553. The van der Waals surface area contributed by atoms with E-state index in [-0.39, 0.29) is 18.3 Å². The molecule has 24 heavy (non-hydrogen) atoms. The minimum atomic E-state index is 0. The summed E-state index contributed by atoms with van der Waals surface area (Å²) >= 11 is 0. The van der Waals surface area contributed by atoms with Crippen molar-refractivity contribution in [1.82, 2.24) is 25.2 Å². The van der Waals surface area contributed by atoms with Crippen molar-refractivity contribution in [1.29, 1.82) is 0 Å². The molecule has 1 amide bonds. The number of amides is 1. The lowest BCUT2D eigenvalue weighted by Gasteiger charge is -2.38. The van der Waals surface area contributed by atoms with E-state index < -0.39 is 0 Å². The van der Waals surface area contributed by atoms with Crippen molar-refractivity contribution in [2.75, 3.05) is 19.6 Å². The summed E-state index contributed by atoms with van der Waals surface area (Å²) in [5.41, 5.74) is 1.48. The Morgan fingerprint density at radius 2 is 1.92 bits per heavy atom. The maximum Gasteiger partial charge on any atom is 0.276 e. The summed E-state index contributed by atoms with van der Waals surface area (Å²) in [7, 11) is 0. The summed E-state index contributed by atoms with van der Waals surface area (Å²) in [6.45, 7) is 9.26. The van der Waals surface area contributed by atoms with E-state index in [0.717, 1.165) is 51.0 Å². The number of aromatic nitrogens is 3. The molecule has 0 aliphatic carbocycles. The quantitative estimate of drug-likeness (QED) is 0.905. The molecule has 0 bridgehead atoms. The van der Waals surface area contributed by atoms with Crippen LogP contribution in [0.4, 0.5) is 0 Å². The summed E-state index contributed by atoms with van der Waals surface area (Å²) in [6.07, 6.45) is 5.51. The first-order valence-corrected chi connectivity index (χ1v) is 9.03. The molecule has 3 rings (SSSR count). The number of nitrogens with zero attached hydrogens (tertiary/aromatic N) is 4. The van der Waals surface area contributed by atoms with Gasteiger partial charge in [0.15, 0.2) is 5.69 Å². The number of nitrogens with one attached hydrogen (secondary N) is 1. The number of carbonyl (C=O) groups excluding carboxylic acids is 1. The van der Waals surface area contributed by atoms with Crippen LogP contribution in [0.5, 0.6) is 0 Å². The van der Waals surface area contributed by atoms with E-state index in [1.807, 2.05) is 16.5 Å².